The minimum absolute atomic E-state index is 0.0518. The first-order valence-corrected chi connectivity index (χ1v) is 10.7. The number of hydrogen-bond acceptors (Lipinski definition) is 7. The van der Waals surface area contributed by atoms with Gasteiger partial charge in [0.2, 0.25) is 5.13 Å². The van der Waals surface area contributed by atoms with E-state index in [1.165, 1.54) is 23.4 Å². The van der Waals surface area contributed by atoms with Crippen LogP contribution in [0.2, 0.25) is 0 Å². The summed E-state index contributed by atoms with van der Waals surface area (Å²) in [6.45, 7) is 1.63. The van der Waals surface area contributed by atoms with Gasteiger partial charge in [-0.15, -0.1) is 0 Å². The molecule has 0 bridgehead atoms. The van der Waals surface area contributed by atoms with Crippen LogP contribution in [0.15, 0.2) is 30.9 Å². The standard InChI is InChI=1S/C20H15F3N8OS/c1-10(17-26-9-28-31(17)19-25-7-13(6-24)33-19)29-18(32)14-4-11(20(21,22)23)5-16-15(14)8-27-30(16)12-2-3-12/h4-5,7-10,12H,2-3H2,1H3,(H,29,32)/t10-/m0/s1. The van der Waals surface area contributed by atoms with Crippen molar-refractivity contribution in [3.63, 3.8) is 0 Å². The van der Waals surface area contributed by atoms with E-state index in [2.05, 4.69) is 25.5 Å². The van der Waals surface area contributed by atoms with Gasteiger partial charge in [0, 0.05) is 5.39 Å². The third kappa shape index (κ3) is 3.82. The number of benzene rings is 1. The van der Waals surface area contributed by atoms with Gasteiger partial charge in [0.15, 0.2) is 5.82 Å². The molecule has 0 unspecified atom stereocenters. The number of aromatic nitrogens is 6. The van der Waals surface area contributed by atoms with E-state index in [9.17, 15) is 18.0 Å². The molecule has 13 heteroatoms. The molecule has 1 amide bonds. The number of carbonyl (C=O) groups is 1. The first kappa shape index (κ1) is 21.1. The summed E-state index contributed by atoms with van der Waals surface area (Å²) < 4.78 is 43.6. The fourth-order valence-corrected chi connectivity index (χ4v) is 4.23. The van der Waals surface area contributed by atoms with E-state index in [0.29, 0.717) is 21.2 Å². The summed E-state index contributed by atoms with van der Waals surface area (Å²) in [6.07, 6.45) is 1.15. The Balaban J connectivity index is 1.49. The molecule has 1 N–H and O–H groups in total. The average Bonchev–Trinajstić information content (AvgIpc) is 3.19. The Kier molecular flexibility index (Phi) is 4.89. The van der Waals surface area contributed by atoms with Crippen LogP contribution in [0.4, 0.5) is 13.2 Å². The Bertz CT molecular complexity index is 1410. The second-order valence-electron chi connectivity index (χ2n) is 7.62. The largest absolute Gasteiger partial charge is 0.416 e. The summed E-state index contributed by atoms with van der Waals surface area (Å²) in [5.74, 6) is -0.376. The molecular formula is C20H15F3N8OS. The second kappa shape index (κ2) is 7.66. The lowest BCUT2D eigenvalue weighted by Gasteiger charge is -2.15. The summed E-state index contributed by atoms with van der Waals surface area (Å²) in [7, 11) is 0. The molecule has 0 radical (unpaired) electrons. The monoisotopic (exact) mass is 472 g/mol. The van der Waals surface area contributed by atoms with Crippen LogP contribution < -0.4 is 5.32 Å². The highest BCUT2D eigenvalue weighted by molar-refractivity contribution is 7.14. The zero-order valence-corrected chi connectivity index (χ0v) is 17.9. The summed E-state index contributed by atoms with van der Waals surface area (Å²) >= 11 is 1.09. The SMILES string of the molecule is C[C@H](NC(=O)c1cc(C(F)(F)F)cc2c1cnn2C1CC1)c1ncnn1-c1ncc(C#N)s1. The molecule has 1 saturated carbocycles. The van der Waals surface area contributed by atoms with Gasteiger partial charge in [-0.05, 0) is 31.9 Å². The van der Waals surface area contributed by atoms with E-state index < -0.39 is 23.7 Å². The van der Waals surface area contributed by atoms with E-state index >= 15 is 0 Å². The van der Waals surface area contributed by atoms with Crippen LogP contribution in [0.5, 0.6) is 0 Å². The van der Waals surface area contributed by atoms with Gasteiger partial charge in [-0.25, -0.2) is 9.97 Å². The predicted molar refractivity (Wildman–Crippen MR) is 111 cm³/mol. The fourth-order valence-electron chi connectivity index (χ4n) is 3.55. The average molecular weight is 472 g/mol. The maximum absolute atomic E-state index is 13.6. The molecule has 0 spiro atoms. The van der Waals surface area contributed by atoms with Gasteiger partial charge in [-0.2, -0.15) is 33.3 Å². The first-order valence-electron chi connectivity index (χ1n) is 9.92. The van der Waals surface area contributed by atoms with Crippen molar-refractivity contribution in [2.45, 2.75) is 38.0 Å². The summed E-state index contributed by atoms with van der Waals surface area (Å²) in [6, 6.07) is 3.20. The number of nitrogens with one attached hydrogen (secondary N) is 1. The Morgan fingerprint density at radius 2 is 2.06 bits per heavy atom. The molecule has 0 saturated heterocycles. The smallest absolute Gasteiger partial charge is 0.342 e. The highest BCUT2D eigenvalue weighted by Gasteiger charge is 2.34. The number of fused-ring (bicyclic) bond motifs is 1. The van der Waals surface area contributed by atoms with E-state index in [1.807, 2.05) is 6.07 Å². The number of halogens is 3. The summed E-state index contributed by atoms with van der Waals surface area (Å²) in [5, 5.41) is 20.8. The van der Waals surface area contributed by atoms with Gasteiger partial charge in [-0.1, -0.05) is 11.3 Å². The third-order valence-corrected chi connectivity index (χ3v) is 6.15. The Hall–Kier alpha value is -3.79. The normalized spacial score (nSPS) is 14.9. The molecule has 0 aliphatic heterocycles. The fraction of sp³-hybridized carbons (Fsp3) is 0.300. The molecule has 1 atom stereocenters. The highest BCUT2D eigenvalue weighted by atomic mass is 32.1. The van der Waals surface area contributed by atoms with Gasteiger partial charge in [0.05, 0.1) is 41.1 Å². The minimum atomic E-state index is -4.61. The van der Waals surface area contributed by atoms with Gasteiger partial charge < -0.3 is 5.32 Å². The van der Waals surface area contributed by atoms with Gasteiger partial charge >= 0.3 is 6.18 Å². The number of thiazole rings is 1. The molecule has 168 valence electrons. The van der Waals surface area contributed by atoms with Crippen LogP contribution in [0.3, 0.4) is 0 Å². The van der Waals surface area contributed by atoms with Crippen LogP contribution in [0, 0.1) is 11.3 Å². The summed E-state index contributed by atoms with van der Waals surface area (Å²) in [5.41, 5.74) is -0.754. The summed E-state index contributed by atoms with van der Waals surface area (Å²) in [4.78, 5) is 21.8. The predicted octanol–water partition coefficient (Wildman–Crippen LogP) is 3.79. The van der Waals surface area contributed by atoms with Crippen molar-refractivity contribution >= 4 is 28.1 Å². The quantitative estimate of drug-likeness (QED) is 0.473. The maximum Gasteiger partial charge on any atom is 0.416 e. The number of alkyl halides is 3. The van der Waals surface area contributed by atoms with Crippen molar-refractivity contribution in [3.05, 3.63) is 52.7 Å². The number of carbonyl (C=O) groups excluding carboxylic acids is 1. The highest BCUT2D eigenvalue weighted by Crippen LogP contribution is 2.39. The Morgan fingerprint density at radius 3 is 2.73 bits per heavy atom. The van der Waals surface area contributed by atoms with Crippen molar-refractivity contribution in [2.24, 2.45) is 0 Å². The first-order chi connectivity index (χ1) is 15.8. The molecule has 3 aromatic heterocycles. The number of nitrogens with zero attached hydrogens (tertiary/aromatic N) is 7. The number of amides is 1. The molecular weight excluding hydrogens is 457 g/mol. The van der Waals surface area contributed by atoms with Crippen LogP contribution in [-0.4, -0.2) is 35.4 Å². The number of hydrogen-bond donors (Lipinski definition) is 1. The van der Waals surface area contributed by atoms with Crippen LogP contribution >= 0.6 is 11.3 Å². The molecule has 33 heavy (non-hydrogen) atoms. The molecule has 3 heterocycles. The van der Waals surface area contributed by atoms with Crippen molar-refractivity contribution in [3.8, 4) is 11.2 Å². The Morgan fingerprint density at radius 1 is 1.27 bits per heavy atom. The molecule has 1 aliphatic carbocycles. The van der Waals surface area contributed by atoms with E-state index in [0.717, 1.165) is 36.3 Å². The lowest BCUT2D eigenvalue weighted by atomic mass is 10.0. The van der Waals surface area contributed by atoms with Crippen molar-refractivity contribution in [1.82, 2.24) is 34.8 Å². The van der Waals surface area contributed by atoms with Gasteiger partial charge in [0.25, 0.3) is 5.91 Å². The lowest BCUT2D eigenvalue weighted by molar-refractivity contribution is -0.137. The van der Waals surface area contributed by atoms with Gasteiger partial charge in [0.1, 0.15) is 17.3 Å². The molecule has 4 aromatic rings. The zero-order valence-electron chi connectivity index (χ0n) is 17.0. The zero-order chi connectivity index (χ0) is 23.3. The Labute approximate surface area is 188 Å². The van der Waals surface area contributed by atoms with E-state index in [4.69, 9.17) is 5.26 Å². The van der Waals surface area contributed by atoms with Crippen molar-refractivity contribution in [2.75, 3.05) is 0 Å². The second-order valence-corrected chi connectivity index (χ2v) is 8.63. The van der Waals surface area contributed by atoms with Crippen LogP contribution in [-0.2, 0) is 6.18 Å². The van der Waals surface area contributed by atoms with E-state index in [1.54, 1.807) is 11.6 Å². The van der Waals surface area contributed by atoms with Crippen LogP contribution in [0.1, 0.15) is 58.5 Å². The topological polar surface area (TPSA) is 114 Å². The number of rotatable bonds is 5. The lowest BCUT2D eigenvalue weighted by Crippen LogP contribution is -2.29. The molecule has 1 aromatic carbocycles. The molecule has 1 aliphatic rings. The maximum atomic E-state index is 13.6. The third-order valence-electron chi connectivity index (χ3n) is 5.27. The van der Waals surface area contributed by atoms with Gasteiger partial charge in [-0.3, -0.25) is 9.48 Å². The molecule has 5 rings (SSSR count). The number of nitriles is 1. The molecule has 9 nitrogen and oxygen atoms in total. The van der Waals surface area contributed by atoms with Crippen molar-refractivity contribution < 1.29 is 18.0 Å². The van der Waals surface area contributed by atoms with Crippen molar-refractivity contribution in [1.29, 1.82) is 5.26 Å². The minimum Gasteiger partial charge on any atom is -0.342 e. The van der Waals surface area contributed by atoms with Crippen LogP contribution in [0.25, 0.3) is 16.0 Å². The molecule has 1 fully saturated rings. The van der Waals surface area contributed by atoms with E-state index in [-0.39, 0.29) is 17.1 Å².